The van der Waals surface area contributed by atoms with Crippen molar-refractivity contribution >= 4 is 17.4 Å². The van der Waals surface area contributed by atoms with E-state index in [1.807, 2.05) is 0 Å². The molecular formula is C10H14FNOS. The van der Waals surface area contributed by atoms with Crippen molar-refractivity contribution in [3.05, 3.63) is 29.6 Å². The number of thioether (sulfide) groups is 1. The number of anilines is 1. The van der Waals surface area contributed by atoms with Crippen molar-refractivity contribution in [3.8, 4) is 0 Å². The molecule has 0 aliphatic rings. The third-order valence-corrected chi connectivity index (χ3v) is 2.91. The highest BCUT2D eigenvalue weighted by Crippen LogP contribution is 2.20. The monoisotopic (exact) mass is 215 g/mol. The molecule has 2 nitrogen and oxygen atoms in total. The first kappa shape index (κ1) is 11.3. The Morgan fingerprint density at radius 1 is 1.43 bits per heavy atom. The Balaban J connectivity index is 2.46. The first-order valence-corrected chi connectivity index (χ1v) is 5.62. The quantitative estimate of drug-likeness (QED) is 0.583. The molecule has 0 fully saturated rings. The lowest BCUT2D eigenvalue weighted by molar-refractivity contribution is 0.296. The van der Waals surface area contributed by atoms with Crippen LogP contribution in [-0.4, -0.2) is 17.5 Å². The van der Waals surface area contributed by atoms with Gasteiger partial charge >= 0.3 is 0 Å². The van der Waals surface area contributed by atoms with Crippen molar-refractivity contribution in [1.82, 2.24) is 0 Å². The lowest BCUT2D eigenvalue weighted by Gasteiger charge is -2.04. The summed E-state index contributed by atoms with van der Waals surface area (Å²) in [5.41, 5.74) is 6.26. The Morgan fingerprint density at radius 3 is 2.93 bits per heavy atom. The van der Waals surface area contributed by atoms with E-state index in [1.54, 1.807) is 30.0 Å². The number of hydrogen-bond donors (Lipinski definition) is 2. The molecule has 14 heavy (non-hydrogen) atoms. The van der Waals surface area contributed by atoms with Gasteiger partial charge in [0.05, 0.1) is 5.69 Å². The summed E-state index contributed by atoms with van der Waals surface area (Å²) in [6.45, 7) is 0.187. The van der Waals surface area contributed by atoms with Gasteiger partial charge in [-0.1, -0.05) is 12.1 Å². The lowest BCUT2D eigenvalue weighted by atomic mass is 10.2. The fourth-order valence-corrected chi connectivity index (χ4v) is 1.98. The molecule has 0 amide bonds. The van der Waals surface area contributed by atoms with Crippen LogP contribution in [-0.2, 0) is 5.75 Å². The molecule has 0 saturated heterocycles. The Bertz CT molecular complexity index is 293. The maximum atomic E-state index is 13.3. The molecule has 0 radical (unpaired) electrons. The van der Waals surface area contributed by atoms with Crippen LogP contribution in [0.3, 0.4) is 0 Å². The Labute approximate surface area is 87.3 Å². The third kappa shape index (κ3) is 3.20. The summed E-state index contributed by atoms with van der Waals surface area (Å²) in [5.74, 6) is 1.13. The molecule has 0 heterocycles. The fourth-order valence-electron chi connectivity index (χ4n) is 1.06. The maximum Gasteiger partial charge on any atom is 0.150 e. The molecule has 0 aliphatic heterocycles. The van der Waals surface area contributed by atoms with Crippen LogP contribution in [0.5, 0.6) is 0 Å². The summed E-state index contributed by atoms with van der Waals surface area (Å²) < 4.78 is 13.3. The molecule has 0 aliphatic carbocycles. The van der Waals surface area contributed by atoms with Crippen LogP contribution >= 0.6 is 11.8 Å². The van der Waals surface area contributed by atoms with Crippen LogP contribution in [0.25, 0.3) is 0 Å². The topological polar surface area (TPSA) is 46.2 Å². The molecule has 78 valence electrons. The molecule has 0 bridgehead atoms. The summed E-state index contributed by atoms with van der Waals surface area (Å²) >= 11 is 1.60. The van der Waals surface area contributed by atoms with Crippen LogP contribution in [0.1, 0.15) is 12.0 Å². The molecule has 0 atom stereocenters. The number of benzene rings is 1. The highest BCUT2D eigenvalue weighted by molar-refractivity contribution is 7.98. The van der Waals surface area contributed by atoms with E-state index < -0.39 is 0 Å². The average molecular weight is 215 g/mol. The molecule has 4 heteroatoms. The highest BCUT2D eigenvalue weighted by Gasteiger charge is 2.04. The zero-order valence-corrected chi connectivity index (χ0v) is 8.69. The normalized spacial score (nSPS) is 10.4. The van der Waals surface area contributed by atoms with Gasteiger partial charge in [-0.15, -0.1) is 0 Å². The second-order valence-corrected chi connectivity index (χ2v) is 4.06. The minimum Gasteiger partial charge on any atom is -0.396 e. The zero-order valence-electron chi connectivity index (χ0n) is 7.87. The van der Waals surface area contributed by atoms with Crippen molar-refractivity contribution in [1.29, 1.82) is 0 Å². The van der Waals surface area contributed by atoms with Gasteiger partial charge in [-0.3, -0.25) is 0 Å². The summed E-state index contributed by atoms with van der Waals surface area (Å²) in [5, 5.41) is 8.55. The number of aliphatic hydroxyl groups is 1. The molecular weight excluding hydrogens is 201 g/mol. The summed E-state index contributed by atoms with van der Waals surface area (Å²) in [6, 6.07) is 5.04. The Morgan fingerprint density at radius 2 is 2.21 bits per heavy atom. The molecule has 0 unspecified atom stereocenters. The number of rotatable bonds is 5. The number of hydrogen-bond acceptors (Lipinski definition) is 3. The van der Waals surface area contributed by atoms with Gasteiger partial charge in [-0.2, -0.15) is 11.8 Å². The van der Waals surface area contributed by atoms with Gasteiger partial charge in [0.2, 0.25) is 0 Å². The summed E-state index contributed by atoms with van der Waals surface area (Å²) in [4.78, 5) is 0. The van der Waals surface area contributed by atoms with Crippen molar-refractivity contribution < 1.29 is 9.50 Å². The molecule has 1 aromatic rings. The first-order valence-electron chi connectivity index (χ1n) is 4.47. The molecule has 0 spiro atoms. The van der Waals surface area contributed by atoms with Crippen molar-refractivity contribution in [2.45, 2.75) is 12.2 Å². The standard InChI is InChI=1S/C10H14FNOS/c11-10-8(3-1-4-9(10)12)7-14-6-2-5-13/h1,3-4,13H,2,5-7,12H2. The van der Waals surface area contributed by atoms with E-state index in [0.717, 1.165) is 12.2 Å². The number of aliphatic hydroxyl groups excluding tert-OH is 1. The van der Waals surface area contributed by atoms with E-state index in [-0.39, 0.29) is 18.1 Å². The first-order chi connectivity index (χ1) is 6.75. The van der Waals surface area contributed by atoms with Gasteiger partial charge in [0, 0.05) is 12.4 Å². The van der Waals surface area contributed by atoms with Crippen LogP contribution < -0.4 is 5.73 Å². The predicted octanol–water partition coefficient (Wildman–Crippen LogP) is 2.02. The molecule has 1 aromatic carbocycles. The van der Waals surface area contributed by atoms with E-state index in [1.165, 1.54) is 0 Å². The fraction of sp³-hybridized carbons (Fsp3) is 0.400. The third-order valence-electron chi connectivity index (χ3n) is 1.81. The van der Waals surface area contributed by atoms with Crippen LogP contribution in [0.2, 0.25) is 0 Å². The van der Waals surface area contributed by atoms with Gasteiger partial charge in [0.1, 0.15) is 5.82 Å². The average Bonchev–Trinajstić information content (AvgIpc) is 2.19. The molecule has 3 N–H and O–H groups in total. The van der Waals surface area contributed by atoms with Crippen molar-refractivity contribution in [2.75, 3.05) is 18.1 Å². The van der Waals surface area contributed by atoms with E-state index >= 15 is 0 Å². The van der Waals surface area contributed by atoms with Crippen LogP contribution in [0, 0.1) is 5.82 Å². The molecule has 0 saturated carbocycles. The minimum absolute atomic E-state index is 0.187. The van der Waals surface area contributed by atoms with Crippen molar-refractivity contribution in [3.63, 3.8) is 0 Å². The van der Waals surface area contributed by atoms with E-state index in [4.69, 9.17) is 10.8 Å². The molecule has 1 rings (SSSR count). The zero-order chi connectivity index (χ0) is 10.4. The maximum absolute atomic E-state index is 13.3. The van der Waals surface area contributed by atoms with E-state index in [2.05, 4.69) is 0 Å². The van der Waals surface area contributed by atoms with Gasteiger partial charge in [-0.05, 0) is 23.8 Å². The Hall–Kier alpha value is -0.740. The smallest absolute Gasteiger partial charge is 0.150 e. The summed E-state index contributed by atoms with van der Waals surface area (Å²) in [6.07, 6.45) is 0.745. The molecule has 0 aromatic heterocycles. The Kier molecular flexibility index (Phi) is 4.76. The second kappa shape index (κ2) is 5.88. The van der Waals surface area contributed by atoms with Crippen LogP contribution in [0.4, 0.5) is 10.1 Å². The lowest BCUT2D eigenvalue weighted by Crippen LogP contribution is -1.95. The second-order valence-electron chi connectivity index (χ2n) is 2.95. The van der Waals surface area contributed by atoms with Gasteiger partial charge < -0.3 is 10.8 Å². The van der Waals surface area contributed by atoms with Crippen molar-refractivity contribution in [2.24, 2.45) is 0 Å². The summed E-state index contributed by atoms with van der Waals surface area (Å²) in [7, 11) is 0. The number of halogens is 1. The number of nitrogens with two attached hydrogens (primary N) is 1. The predicted molar refractivity (Wildman–Crippen MR) is 58.7 cm³/mol. The van der Waals surface area contributed by atoms with E-state index in [0.29, 0.717) is 11.3 Å². The highest BCUT2D eigenvalue weighted by atomic mass is 32.2. The largest absolute Gasteiger partial charge is 0.396 e. The van der Waals surface area contributed by atoms with Crippen LogP contribution in [0.15, 0.2) is 18.2 Å². The van der Waals surface area contributed by atoms with Gasteiger partial charge in [0.25, 0.3) is 0 Å². The number of nitrogen functional groups attached to an aromatic ring is 1. The minimum atomic E-state index is -0.316. The van der Waals surface area contributed by atoms with E-state index in [9.17, 15) is 4.39 Å². The SMILES string of the molecule is Nc1cccc(CSCCCO)c1F. The van der Waals surface area contributed by atoms with Gasteiger partial charge in [-0.25, -0.2) is 4.39 Å². The van der Waals surface area contributed by atoms with Gasteiger partial charge in [0.15, 0.2) is 0 Å².